The first-order valence-corrected chi connectivity index (χ1v) is 11.7. The standard InChI is InChI=1S/C20H39N2O6P/c1-6-8-9-10-11-12-13-14-19(23)18(21-20(24)7-2)17-28-29(25,26)27-16-15-22(3,4)5/h9-10,13-14,18-19,23H,6-8,11-12,15-17H2,1-5H3,(H-,21,24,25,26)/p+1/b10-9+,14-13+. The van der Waals surface area contributed by atoms with Crippen molar-refractivity contribution in [3.8, 4) is 0 Å². The van der Waals surface area contributed by atoms with Gasteiger partial charge >= 0.3 is 7.82 Å². The number of nitrogens with zero attached hydrogens (tertiary/aromatic N) is 1. The zero-order valence-electron chi connectivity index (χ0n) is 18.5. The van der Waals surface area contributed by atoms with Crippen LogP contribution in [0.1, 0.15) is 46.0 Å². The van der Waals surface area contributed by atoms with Crippen LogP contribution in [-0.2, 0) is 18.4 Å². The van der Waals surface area contributed by atoms with Gasteiger partial charge in [-0.15, -0.1) is 0 Å². The molecule has 0 spiro atoms. The number of carbonyl (C=O) groups excluding carboxylic acids is 1. The lowest BCUT2D eigenvalue weighted by Crippen LogP contribution is -2.45. The minimum absolute atomic E-state index is 0.0528. The number of carbonyl (C=O) groups is 1. The van der Waals surface area contributed by atoms with Gasteiger partial charge in [0.05, 0.1) is 39.9 Å². The number of allylic oxidation sites excluding steroid dienone is 3. The molecule has 170 valence electrons. The van der Waals surface area contributed by atoms with Gasteiger partial charge in [-0.1, -0.05) is 44.6 Å². The quantitative estimate of drug-likeness (QED) is 0.149. The zero-order chi connectivity index (χ0) is 22.3. The van der Waals surface area contributed by atoms with E-state index in [1.807, 2.05) is 27.2 Å². The molecular formula is C20H40N2O6P+. The highest BCUT2D eigenvalue weighted by Crippen LogP contribution is 2.43. The monoisotopic (exact) mass is 435 g/mol. The van der Waals surface area contributed by atoms with E-state index in [0.717, 1.165) is 25.7 Å². The molecule has 3 N–H and O–H groups in total. The third-order valence-electron chi connectivity index (χ3n) is 3.97. The zero-order valence-corrected chi connectivity index (χ0v) is 19.4. The van der Waals surface area contributed by atoms with Crippen molar-refractivity contribution in [1.29, 1.82) is 0 Å². The fourth-order valence-corrected chi connectivity index (χ4v) is 2.88. The lowest BCUT2D eigenvalue weighted by atomic mass is 10.1. The molecule has 0 saturated heterocycles. The van der Waals surface area contributed by atoms with Crippen LogP contribution in [0.5, 0.6) is 0 Å². The van der Waals surface area contributed by atoms with Gasteiger partial charge in [-0.05, 0) is 19.3 Å². The van der Waals surface area contributed by atoms with Crippen molar-refractivity contribution in [1.82, 2.24) is 5.32 Å². The molecule has 3 atom stereocenters. The second-order valence-corrected chi connectivity index (χ2v) is 9.35. The Kier molecular flexibility index (Phi) is 14.4. The fraction of sp³-hybridized carbons (Fsp3) is 0.750. The van der Waals surface area contributed by atoms with Crippen LogP contribution >= 0.6 is 7.82 Å². The molecule has 0 rings (SSSR count). The summed E-state index contributed by atoms with van der Waals surface area (Å²) in [5.74, 6) is -0.285. The number of unbranched alkanes of at least 4 members (excludes halogenated alkanes) is 2. The molecule has 0 aromatic heterocycles. The van der Waals surface area contributed by atoms with Crippen LogP contribution in [0.25, 0.3) is 0 Å². The number of aliphatic hydroxyl groups excluding tert-OH is 1. The van der Waals surface area contributed by atoms with Gasteiger partial charge in [-0.25, -0.2) is 4.57 Å². The fourth-order valence-electron chi connectivity index (χ4n) is 2.14. The van der Waals surface area contributed by atoms with Crippen molar-refractivity contribution in [3.63, 3.8) is 0 Å². The number of nitrogens with one attached hydrogen (secondary N) is 1. The molecule has 29 heavy (non-hydrogen) atoms. The highest BCUT2D eigenvalue weighted by Gasteiger charge is 2.27. The van der Waals surface area contributed by atoms with Crippen LogP contribution in [-0.4, -0.2) is 73.4 Å². The average Bonchev–Trinajstić information content (AvgIpc) is 2.62. The van der Waals surface area contributed by atoms with E-state index in [-0.39, 0.29) is 25.5 Å². The first kappa shape index (κ1) is 28.0. The SMILES string of the molecule is CCC/C=C/CC/C=C/C(O)C(COP(=O)(O)OCC[N+](C)(C)C)NC(=O)CC. The summed E-state index contributed by atoms with van der Waals surface area (Å²) in [6.45, 7) is 4.04. The van der Waals surface area contributed by atoms with Gasteiger partial charge in [0, 0.05) is 6.42 Å². The van der Waals surface area contributed by atoms with Gasteiger partial charge in [-0.2, -0.15) is 0 Å². The number of rotatable bonds is 16. The van der Waals surface area contributed by atoms with Gasteiger partial charge in [0.1, 0.15) is 13.2 Å². The smallest absolute Gasteiger partial charge is 0.387 e. The van der Waals surface area contributed by atoms with E-state index in [9.17, 15) is 19.4 Å². The highest BCUT2D eigenvalue weighted by molar-refractivity contribution is 7.47. The van der Waals surface area contributed by atoms with E-state index in [1.54, 1.807) is 13.0 Å². The van der Waals surface area contributed by atoms with Crippen LogP contribution in [0.4, 0.5) is 0 Å². The van der Waals surface area contributed by atoms with E-state index in [2.05, 4.69) is 24.4 Å². The van der Waals surface area contributed by atoms with E-state index >= 15 is 0 Å². The number of amides is 1. The summed E-state index contributed by atoms with van der Waals surface area (Å²) >= 11 is 0. The van der Waals surface area contributed by atoms with Crippen LogP contribution < -0.4 is 5.32 Å². The van der Waals surface area contributed by atoms with Gasteiger partial charge < -0.3 is 19.8 Å². The van der Waals surface area contributed by atoms with Crippen molar-refractivity contribution in [3.05, 3.63) is 24.3 Å². The predicted molar refractivity (Wildman–Crippen MR) is 115 cm³/mol. The minimum Gasteiger partial charge on any atom is -0.387 e. The van der Waals surface area contributed by atoms with Gasteiger partial charge in [0.25, 0.3) is 0 Å². The highest BCUT2D eigenvalue weighted by atomic mass is 31.2. The summed E-state index contributed by atoms with van der Waals surface area (Å²) in [7, 11) is 1.53. The molecule has 9 heteroatoms. The summed E-state index contributed by atoms with van der Waals surface area (Å²) in [6, 6.07) is -0.850. The van der Waals surface area contributed by atoms with Gasteiger partial charge in [0.2, 0.25) is 5.91 Å². The summed E-state index contributed by atoms with van der Waals surface area (Å²) in [6.07, 6.45) is 10.6. The molecule has 0 aliphatic heterocycles. The second kappa shape index (κ2) is 14.9. The number of hydrogen-bond acceptors (Lipinski definition) is 5. The Morgan fingerprint density at radius 1 is 1.10 bits per heavy atom. The maximum absolute atomic E-state index is 12.1. The lowest BCUT2D eigenvalue weighted by molar-refractivity contribution is -0.870. The molecule has 3 unspecified atom stereocenters. The maximum atomic E-state index is 12.1. The Balaban J connectivity index is 4.66. The molecule has 0 bridgehead atoms. The van der Waals surface area contributed by atoms with Gasteiger partial charge in [0.15, 0.2) is 0 Å². The molecule has 0 heterocycles. The molecule has 1 amide bonds. The number of hydrogen-bond donors (Lipinski definition) is 3. The first-order valence-electron chi connectivity index (χ1n) is 10.2. The molecule has 0 aromatic rings. The number of phosphoric acid groups is 1. The van der Waals surface area contributed by atoms with Crippen LogP contribution in [0.2, 0.25) is 0 Å². The third kappa shape index (κ3) is 16.5. The van der Waals surface area contributed by atoms with Crippen molar-refractivity contribution in [2.45, 2.75) is 58.1 Å². The number of likely N-dealkylation sites (N-methyl/N-ethyl adjacent to an activating group) is 1. The third-order valence-corrected chi connectivity index (χ3v) is 4.95. The number of aliphatic hydroxyl groups is 1. The van der Waals surface area contributed by atoms with Crippen LogP contribution in [0, 0.1) is 0 Å². The molecule has 0 aliphatic carbocycles. The largest absolute Gasteiger partial charge is 0.472 e. The molecular weight excluding hydrogens is 395 g/mol. The topological polar surface area (TPSA) is 105 Å². The molecule has 0 saturated carbocycles. The normalized spacial score (nSPS) is 16.8. The average molecular weight is 436 g/mol. The summed E-state index contributed by atoms with van der Waals surface area (Å²) < 4.78 is 22.6. The Bertz CT molecular complexity index is 560. The van der Waals surface area contributed by atoms with Crippen molar-refractivity contribution in [2.24, 2.45) is 0 Å². The van der Waals surface area contributed by atoms with E-state index in [4.69, 9.17) is 9.05 Å². The Morgan fingerprint density at radius 2 is 1.72 bits per heavy atom. The number of phosphoric ester groups is 1. The van der Waals surface area contributed by atoms with Gasteiger partial charge in [-0.3, -0.25) is 13.8 Å². The lowest BCUT2D eigenvalue weighted by Gasteiger charge is -2.25. The maximum Gasteiger partial charge on any atom is 0.472 e. The van der Waals surface area contributed by atoms with E-state index in [0.29, 0.717) is 11.0 Å². The van der Waals surface area contributed by atoms with E-state index < -0.39 is 20.0 Å². The summed E-state index contributed by atoms with van der Waals surface area (Å²) in [5.41, 5.74) is 0. The van der Waals surface area contributed by atoms with Crippen LogP contribution in [0.15, 0.2) is 24.3 Å². The Hall–Kier alpha value is -1.02. The molecule has 0 fully saturated rings. The molecule has 0 aliphatic rings. The van der Waals surface area contributed by atoms with Crippen LogP contribution in [0.3, 0.4) is 0 Å². The molecule has 0 aromatic carbocycles. The molecule has 0 radical (unpaired) electrons. The Morgan fingerprint density at radius 3 is 2.31 bits per heavy atom. The first-order chi connectivity index (χ1) is 13.5. The van der Waals surface area contributed by atoms with Crippen molar-refractivity contribution < 1.29 is 32.9 Å². The minimum atomic E-state index is -4.28. The van der Waals surface area contributed by atoms with Crippen molar-refractivity contribution >= 4 is 13.7 Å². The number of quaternary nitrogens is 1. The molecule has 8 nitrogen and oxygen atoms in total. The van der Waals surface area contributed by atoms with Crippen molar-refractivity contribution in [2.75, 3.05) is 40.9 Å². The van der Waals surface area contributed by atoms with E-state index in [1.165, 1.54) is 0 Å². The second-order valence-electron chi connectivity index (χ2n) is 7.90. The summed E-state index contributed by atoms with van der Waals surface area (Å²) in [4.78, 5) is 21.6. The Labute approximate surface area is 175 Å². The predicted octanol–water partition coefficient (Wildman–Crippen LogP) is 2.77. The summed E-state index contributed by atoms with van der Waals surface area (Å²) in [5, 5.41) is 13.0.